The smallest absolute Gasteiger partial charge is 0.326 e. The summed E-state index contributed by atoms with van der Waals surface area (Å²) < 4.78 is 30.5. The predicted molar refractivity (Wildman–Crippen MR) is 62.4 cm³/mol. The van der Waals surface area contributed by atoms with Crippen LogP contribution in [0, 0.1) is 0 Å². The molecule has 1 atom stereocenters. The Bertz CT molecular complexity index is 362. The van der Waals surface area contributed by atoms with Crippen molar-refractivity contribution in [3.05, 3.63) is 0 Å². The van der Waals surface area contributed by atoms with Gasteiger partial charge in [0, 0.05) is 12.7 Å². The number of carboxylic acids is 1. The van der Waals surface area contributed by atoms with Gasteiger partial charge in [-0.1, -0.05) is 0 Å². The van der Waals surface area contributed by atoms with Gasteiger partial charge in [-0.15, -0.1) is 0 Å². The maximum absolute atomic E-state index is 10.5. The lowest BCUT2D eigenvalue weighted by atomic mass is 10.2. The Morgan fingerprint density at radius 2 is 1.78 bits per heavy atom. The summed E-state index contributed by atoms with van der Waals surface area (Å²) in [4.78, 5) is 20.9. The van der Waals surface area contributed by atoms with E-state index in [0.29, 0.717) is 6.04 Å². The van der Waals surface area contributed by atoms with Crippen LogP contribution in [0.2, 0.25) is 0 Å². The molecular formula is C9H20N2O6S. The normalized spacial score (nSPS) is 12.3. The summed E-state index contributed by atoms with van der Waals surface area (Å²) in [5, 5.41) is 10.5. The van der Waals surface area contributed by atoms with Gasteiger partial charge in [-0.2, -0.15) is 0 Å². The number of nitrogens with one attached hydrogen (secondary N) is 1. The highest BCUT2D eigenvalue weighted by atomic mass is 32.2. The molecule has 5 N–H and O–H groups in total. The van der Waals surface area contributed by atoms with Gasteiger partial charge in [-0.3, -0.25) is 4.79 Å². The molecule has 0 saturated carbocycles. The fourth-order valence-electron chi connectivity index (χ4n) is 0.765. The number of hydrogen-bond donors (Lipinski definition) is 3. The van der Waals surface area contributed by atoms with Gasteiger partial charge in [-0.05, 0) is 20.3 Å². The van der Waals surface area contributed by atoms with Crippen molar-refractivity contribution in [1.82, 2.24) is 5.32 Å². The van der Waals surface area contributed by atoms with E-state index in [9.17, 15) is 22.6 Å². The first-order chi connectivity index (χ1) is 7.95. The summed E-state index contributed by atoms with van der Waals surface area (Å²) in [5.41, 5.74) is 3.64. The van der Waals surface area contributed by atoms with E-state index in [-0.39, 0.29) is 0 Å². The summed E-state index contributed by atoms with van der Waals surface area (Å²) in [7, 11) is -4.45. The van der Waals surface area contributed by atoms with Crippen molar-refractivity contribution in [2.75, 3.05) is 5.75 Å². The molecule has 0 radical (unpaired) electrons. The van der Waals surface area contributed by atoms with Crippen LogP contribution in [0.3, 0.4) is 0 Å². The van der Waals surface area contributed by atoms with Crippen molar-refractivity contribution in [3.8, 4) is 0 Å². The highest BCUT2D eigenvalue weighted by Gasteiger charge is 2.18. The summed E-state index contributed by atoms with van der Waals surface area (Å²) >= 11 is 0. The van der Waals surface area contributed by atoms with Crippen molar-refractivity contribution in [3.63, 3.8) is 0 Å². The van der Waals surface area contributed by atoms with Gasteiger partial charge >= 0.3 is 5.97 Å². The Morgan fingerprint density at radius 3 is 2.00 bits per heavy atom. The molecule has 0 rings (SSSR count). The number of amides is 1. The Balaban J connectivity index is 0. The molecule has 0 spiro atoms. The SMILES string of the molecule is CC(=O)NC(CCS(=O)(=O)[O-])C(=O)O.CC(C)[NH3+]. The molecule has 1 unspecified atom stereocenters. The first-order valence-electron chi connectivity index (χ1n) is 5.22. The highest BCUT2D eigenvalue weighted by Crippen LogP contribution is 1.96. The molecule has 0 fully saturated rings. The molecule has 108 valence electrons. The minimum absolute atomic E-state index is 0.430. The maximum Gasteiger partial charge on any atom is 0.326 e. The lowest BCUT2D eigenvalue weighted by Gasteiger charge is -2.14. The van der Waals surface area contributed by atoms with E-state index in [2.05, 4.69) is 19.6 Å². The fraction of sp³-hybridized carbons (Fsp3) is 0.778. The number of aliphatic carboxylic acids is 1. The molecule has 0 aromatic carbocycles. The van der Waals surface area contributed by atoms with E-state index in [0.717, 1.165) is 6.92 Å². The highest BCUT2D eigenvalue weighted by molar-refractivity contribution is 7.85. The predicted octanol–water partition coefficient (Wildman–Crippen LogP) is -1.85. The van der Waals surface area contributed by atoms with Gasteiger partial charge in [0.1, 0.15) is 6.04 Å². The van der Waals surface area contributed by atoms with Crippen molar-refractivity contribution in [1.29, 1.82) is 0 Å². The molecule has 0 aliphatic carbocycles. The zero-order valence-electron chi connectivity index (χ0n) is 10.7. The van der Waals surface area contributed by atoms with Gasteiger partial charge in [-0.25, -0.2) is 13.2 Å². The summed E-state index contributed by atoms with van der Waals surface area (Å²) in [5.74, 6) is -2.78. The number of hydrogen-bond acceptors (Lipinski definition) is 5. The first kappa shape index (κ1) is 19.2. The fourth-order valence-corrected chi connectivity index (χ4v) is 1.29. The van der Waals surface area contributed by atoms with Crippen LogP contribution in [0.1, 0.15) is 27.2 Å². The Kier molecular flexibility index (Phi) is 9.40. The second-order valence-corrected chi connectivity index (χ2v) is 5.56. The molecule has 0 saturated heterocycles. The van der Waals surface area contributed by atoms with E-state index in [1.807, 2.05) is 5.32 Å². The number of quaternary nitrogens is 1. The standard InChI is InChI=1S/C6H11NO6S.C3H9N/c1-4(8)7-5(6(9)10)2-3-14(11,12)13;1-3(2)4/h5H,2-3H2,1H3,(H,7,8)(H,9,10)(H,11,12,13);3H,4H2,1-2H3. The van der Waals surface area contributed by atoms with Crippen molar-refractivity contribution in [2.24, 2.45) is 0 Å². The molecule has 8 nitrogen and oxygen atoms in total. The zero-order chi connectivity index (χ0) is 14.9. The van der Waals surface area contributed by atoms with Gasteiger partial charge in [0.2, 0.25) is 5.91 Å². The Morgan fingerprint density at radius 1 is 1.39 bits per heavy atom. The minimum atomic E-state index is -4.45. The lowest BCUT2D eigenvalue weighted by molar-refractivity contribution is -0.407. The molecule has 9 heteroatoms. The summed E-state index contributed by atoms with van der Waals surface area (Å²) in [6.45, 7) is 5.21. The van der Waals surface area contributed by atoms with Crippen molar-refractivity contribution in [2.45, 2.75) is 39.3 Å². The molecule has 1 amide bonds. The van der Waals surface area contributed by atoms with E-state index in [1.54, 1.807) is 0 Å². The van der Waals surface area contributed by atoms with Gasteiger partial charge in [0.05, 0.1) is 16.2 Å². The molecule has 0 aromatic heterocycles. The topological polar surface area (TPSA) is 151 Å². The van der Waals surface area contributed by atoms with Gasteiger partial charge in [0.15, 0.2) is 0 Å². The van der Waals surface area contributed by atoms with Crippen LogP contribution in [0.15, 0.2) is 0 Å². The quantitative estimate of drug-likeness (QED) is 0.504. The van der Waals surface area contributed by atoms with Crippen LogP contribution < -0.4 is 11.1 Å². The average Bonchev–Trinajstić information content (AvgIpc) is 2.08. The van der Waals surface area contributed by atoms with Gasteiger partial charge < -0.3 is 20.7 Å². The van der Waals surface area contributed by atoms with Crippen molar-refractivity contribution >= 4 is 22.0 Å². The number of carbonyl (C=O) groups excluding carboxylic acids is 1. The average molecular weight is 284 g/mol. The Labute approximate surface area is 106 Å². The molecule has 0 aliphatic rings. The van der Waals surface area contributed by atoms with Gasteiger partial charge in [0.25, 0.3) is 0 Å². The zero-order valence-corrected chi connectivity index (χ0v) is 11.5. The second kappa shape index (κ2) is 8.84. The monoisotopic (exact) mass is 284 g/mol. The van der Waals surface area contributed by atoms with Crippen LogP contribution in [0.25, 0.3) is 0 Å². The summed E-state index contributed by atoms with van der Waals surface area (Å²) in [6, 6.07) is -0.753. The maximum atomic E-state index is 10.5. The van der Waals surface area contributed by atoms with E-state index >= 15 is 0 Å². The van der Waals surface area contributed by atoms with E-state index in [1.165, 1.54) is 0 Å². The molecular weight excluding hydrogens is 264 g/mol. The largest absolute Gasteiger partial charge is 0.748 e. The molecule has 0 aliphatic heterocycles. The number of carboxylic acid groups (broad SMARTS) is 1. The summed E-state index contributed by atoms with van der Waals surface area (Å²) in [6.07, 6.45) is -0.430. The molecule has 18 heavy (non-hydrogen) atoms. The van der Waals surface area contributed by atoms with E-state index in [4.69, 9.17) is 5.11 Å². The first-order valence-corrected chi connectivity index (χ1v) is 6.80. The second-order valence-electron chi connectivity index (χ2n) is 4.04. The minimum Gasteiger partial charge on any atom is -0.748 e. The van der Waals surface area contributed by atoms with Crippen LogP contribution in [-0.2, 0) is 19.7 Å². The van der Waals surface area contributed by atoms with Crippen LogP contribution in [-0.4, -0.2) is 47.8 Å². The van der Waals surface area contributed by atoms with Crippen LogP contribution >= 0.6 is 0 Å². The molecule has 0 bridgehead atoms. The van der Waals surface area contributed by atoms with E-state index < -0.39 is 40.2 Å². The third-order valence-corrected chi connectivity index (χ3v) is 2.07. The van der Waals surface area contributed by atoms with Crippen molar-refractivity contribution < 1.29 is 33.4 Å². The third-order valence-electron chi connectivity index (χ3n) is 1.33. The number of carbonyl (C=O) groups is 2. The van der Waals surface area contributed by atoms with Crippen LogP contribution in [0.5, 0.6) is 0 Å². The molecule has 0 heterocycles. The lowest BCUT2D eigenvalue weighted by Crippen LogP contribution is -2.57. The number of rotatable bonds is 5. The Hall–Kier alpha value is -1.19. The molecule has 0 aromatic rings. The third kappa shape index (κ3) is 17.2. The van der Waals surface area contributed by atoms with Crippen LogP contribution in [0.4, 0.5) is 0 Å².